The molecule has 0 bridgehead atoms. The highest BCUT2D eigenvalue weighted by molar-refractivity contribution is 5.70. The summed E-state index contributed by atoms with van der Waals surface area (Å²) in [7, 11) is 0. The van der Waals surface area contributed by atoms with Crippen LogP contribution in [0.25, 0.3) is 0 Å². The quantitative estimate of drug-likeness (QED) is 0.837. The number of carboxylic acid groups (broad SMARTS) is 1. The number of ether oxygens (including phenoxy) is 1. The molecule has 0 radical (unpaired) electrons. The smallest absolute Gasteiger partial charge is 0.308 e. The van der Waals surface area contributed by atoms with Gasteiger partial charge in [-0.1, -0.05) is 30.3 Å². The lowest BCUT2D eigenvalue weighted by Crippen LogP contribution is -2.53. The maximum Gasteiger partial charge on any atom is 0.308 e. The number of benzene rings is 1. The van der Waals surface area contributed by atoms with Crippen molar-refractivity contribution in [2.24, 2.45) is 11.8 Å². The monoisotopic (exact) mass is 328 g/mol. The van der Waals surface area contributed by atoms with Crippen LogP contribution in [0.5, 0.6) is 0 Å². The summed E-state index contributed by atoms with van der Waals surface area (Å²) < 4.78 is 5.33. The van der Waals surface area contributed by atoms with Crippen LogP contribution in [0.4, 0.5) is 0 Å². The first-order valence-electron chi connectivity index (χ1n) is 8.65. The van der Waals surface area contributed by atoms with Crippen molar-refractivity contribution in [2.75, 3.05) is 19.8 Å². The summed E-state index contributed by atoms with van der Waals surface area (Å²) in [5.41, 5.74) is 0.640. The number of nitrogens with zero attached hydrogens (tertiary/aromatic N) is 1. The van der Waals surface area contributed by atoms with Crippen LogP contribution in [-0.4, -0.2) is 36.9 Å². The molecular weight excluding hydrogens is 304 g/mol. The van der Waals surface area contributed by atoms with Crippen LogP contribution >= 0.6 is 0 Å². The van der Waals surface area contributed by atoms with E-state index < -0.39 is 11.4 Å². The highest BCUT2D eigenvalue weighted by Gasteiger charge is 2.46. The first-order valence-corrected chi connectivity index (χ1v) is 8.65. The van der Waals surface area contributed by atoms with Crippen molar-refractivity contribution in [1.82, 2.24) is 5.32 Å². The lowest BCUT2D eigenvalue weighted by Gasteiger charge is -2.44. The van der Waals surface area contributed by atoms with Gasteiger partial charge in [-0.2, -0.15) is 5.26 Å². The molecule has 2 fully saturated rings. The average molecular weight is 328 g/mol. The molecule has 0 spiro atoms. The normalized spacial score (nSPS) is 28.5. The van der Waals surface area contributed by atoms with Crippen molar-refractivity contribution in [3.05, 3.63) is 35.9 Å². The molecule has 1 aromatic carbocycles. The molecule has 1 saturated heterocycles. The Labute approximate surface area is 142 Å². The van der Waals surface area contributed by atoms with Crippen molar-refractivity contribution in [3.63, 3.8) is 0 Å². The highest BCUT2D eigenvalue weighted by Crippen LogP contribution is 2.43. The van der Waals surface area contributed by atoms with Gasteiger partial charge in [-0.25, -0.2) is 0 Å². The maximum atomic E-state index is 11.6. The van der Waals surface area contributed by atoms with Gasteiger partial charge in [0.05, 0.1) is 17.4 Å². The van der Waals surface area contributed by atoms with Gasteiger partial charge in [-0.05, 0) is 37.2 Å². The molecule has 1 aliphatic carbocycles. The predicted molar refractivity (Wildman–Crippen MR) is 89.4 cm³/mol. The zero-order valence-electron chi connectivity index (χ0n) is 13.8. The Kier molecular flexibility index (Phi) is 5.17. The molecule has 128 valence electrons. The molecule has 1 aliphatic heterocycles. The molecule has 1 unspecified atom stereocenters. The topological polar surface area (TPSA) is 82.4 Å². The lowest BCUT2D eigenvalue weighted by molar-refractivity contribution is -0.144. The number of rotatable bonds is 6. The van der Waals surface area contributed by atoms with Crippen LogP contribution in [-0.2, 0) is 14.9 Å². The van der Waals surface area contributed by atoms with Gasteiger partial charge in [0.15, 0.2) is 0 Å². The van der Waals surface area contributed by atoms with Gasteiger partial charge in [0.2, 0.25) is 0 Å². The van der Waals surface area contributed by atoms with Crippen molar-refractivity contribution in [2.45, 2.75) is 37.1 Å². The second-order valence-electron chi connectivity index (χ2n) is 6.97. The Balaban J connectivity index is 1.54. The Hall–Kier alpha value is -1.90. The number of nitrogens with one attached hydrogen (secondary N) is 1. The van der Waals surface area contributed by atoms with Gasteiger partial charge in [-0.3, -0.25) is 4.79 Å². The zero-order valence-corrected chi connectivity index (χ0v) is 13.8. The summed E-state index contributed by atoms with van der Waals surface area (Å²) in [4.78, 5) is 11.6. The predicted octanol–water partition coefficient (Wildman–Crippen LogP) is 2.33. The average Bonchev–Trinajstić information content (AvgIpc) is 2.58. The molecule has 5 heteroatoms. The second kappa shape index (κ2) is 7.33. The van der Waals surface area contributed by atoms with Gasteiger partial charge in [0.1, 0.15) is 0 Å². The van der Waals surface area contributed by atoms with Gasteiger partial charge >= 0.3 is 5.97 Å². The molecule has 2 N–H and O–H groups in total. The number of hydrogen-bond acceptors (Lipinski definition) is 4. The minimum atomic E-state index is -0.733. The van der Waals surface area contributed by atoms with E-state index in [1.807, 2.05) is 30.3 Å². The van der Waals surface area contributed by atoms with Crippen LogP contribution in [0.3, 0.4) is 0 Å². The van der Waals surface area contributed by atoms with E-state index in [-0.39, 0.29) is 17.9 Å². The first-order chi connectivity index (χ1) is 11.6. The fourth-order valence-electron chi connectivity index (χ4n) is 3.94. The summed E-state index contributed by atoms with van der Waals surface area (Å²) in [5, 5.41) is 22.5. The molecule has 5 nitrogen and oxygen atoms in total. The summed E-state index contributed by atoms with van der Waals surface area (Å²) >= 11 is 0. The fraction of sp³-hybridized carbons (Fsp3) is 0.579. The number of carboxylic acids is 1. The van der Waals surface area contributed by atoms with Crippen LogP contribution in [0.2, 0.25) is 0 Å². The number of nitriles is 1. The van der Waals surface area contributed by atoms with E-state index in [9.17, 15) is 15.2 Å². The van der Waals surface area contributed by atoms with Crippen LogP contribution in [0.15, 0.2) is 30.3 Å². The van der Waals surface area contributed by atoms with Crippen LogP contribution in [0.1, 0.15) is 31.2 Å². The van der Waals surface area contributed by atoms with Gasteiger partial charge in [0.25, 0.3) is 0 Å². The van der Waals surface area contributed by atoms with E-state index in [2.05, 4.69) is 11.4 Å². The molecule has 24 heavy (non-hydrogen) atoms. The van der Waals surface area contributed by atoms with E-state index in [1.54, 1.807) is 0 Å². The van der Waals surface area contributed by atoms with E-state index >= 15 is 0 Å². The van der Waals surface area contributed by atoms with Crippen molar-refractivity contribution >= 4 is 5.97 Å². The standard InChI is InChI=1S/C19H24N2O3/c20-13-19(15-4-2-1-3-5-15)10-16(11-19)21-12-17(18(22)23)14-6-8-24-9-7-14/h1-5,14,16-17,21H,6-12H2,(H,22,23). The fourth-order valence-corrected chi connectivity index (χ4v) is 3.94. The van der Waals surface area contributed by atoms with Crippen LogP contribution < -0.4 is 5.32 Å². The summed E-state index contributed by atoms with van der Waals surface area (Å²) in [6.45, 7) is 1.79. The van der Waals surface area contributed by atoms with E-state index in [1.165, 1.54) is 0 Å². The summed E-state index contributed by atoms with van der Waals surface area (Å²) in [6.07, 6.45) is 3.12. The third-order valence-corrected chi connectivity index (χ3v) is 5.51. The lowest BCUT2D eigenvalue weighted by atomic mass is 9.62. The Morgan fingerprint density at radius 1 is 1.33 bits per heavy atom. The van der Waals surface area contributed by atoms with Crippen molar-refractivity contribution in [3.8, 4) is 6.07 Å². The summed E-state index contributed by atoms with van der Waals surface area (Å²) in [6, 6.07) is 12.6. The first kappa shape index (κ1) is 16.9. The molecule has 0 amide bonds. The third kappa shape index (κ3) is 3.45. The van der Waals surface area contributed by atoms with Gasteiger partial charge < -0.3 is 15.2 Å². The van der Waals surface area contributed by atoms with E-state index in [0.717, 1.165) is 31.2 Å². The van der Waals surface area contributed by atoms with Crippen molar-refractivity contribution < 1.29 is 14.6 Å². The molecule has 3 rings (SSSR count). The molecular formula is C19H24N2O3. The van der Waals surface area contributed by atoms with Crippen molar-refractivity contribution in [1.29, 1.82) is 5.26 Å². The molecule has 2 aliphatic rings. The maximum absolute atomic E-state index is 11.6. The molecule has 0 aromatic heterocycles. The Bertz CT molecular complexity index is 599. The molecule has 1 saturated carbocycles. The minimum Gasteiger partial charge on any atom is -0.481 e. The SMILES string of the molecule is N#CC1(c2ccccc2)CC(NCC(C(=O)O)C2CCOCC2)C1. The largest absolute Gasteiger partial charge is 0.481 e. The van der Waals surface area contributed by atoms with Gasteiger partial charge in [-0.15, -0.1) is 0 Å². The third-order valence-electron chi connectivity index (χ3n) is 5.51. The second-order valence-corrected chi connectivity index (χ2v) is 6.97. The number of hydrogen-bond donors (Lipinski definition) is 2. The Morgan fingerprint density at radius 3 is 2.58 bits per heavy atom. The van der Waals surface area contributed by atoms with Crippen LogP contribution in [0, 0.1) is 23.2 Å². The number of aliphatic carboxylic acids is 1. The molecule has 1 aromatic rings. The molecule has 1 heterocycles. The highest BCUT2D eigenvalue weighted by atomic mass is 16.5. The minimum absolute atomic E-state index is 0.179. The van der Waals surface area contributed by atoms with E-state index in [0.29, 0.717) is 19.8 Å². The van der Waals surface area contributed by atoms with Gasteiger partial charge in [0, 0.05) is 25.8 Å². The summed E-state index contributed by atoms with van der Waals surface area (Å²) in [5.74, 6) is -0.926. The molecule has 1 atom stereocenters. The zero-order chi connectivity index (χ0) is 17.0. The number of carbonyl (C=O) groups is 1. The Morgan fingerprint density at radius 2 is 2.00 bits per heavy atom. The van der Waals surface area contributed by atoms with E-state index in [4.69, 9.17) is 4.74 Å².